The van der Waals surface area contributed by atoms with Crippen LogP contribution in [0.25, 0.3) is 11.1 Å². The van der Waals surface area contributed by atoms with E-state index >= 15 is 0 Å². The normalized spacial score (nSPS) is 10.2. The van der Waals surface area contributed by atoms with Gasteiger partial charge in [0.25, 0.3) is 5.91 Å². The Labute approximate surface area is 139 Å². The van der Waals surface area contributed by atoms with Crippen LogP contribution in [-0.2, 0) is 0 Å². The van der Waals surface area contributed by atoms with Gasteiger partial charge in [-0.1, -0.05) is 54.6 Å². The second-order valence-corrected chi connectivity index (χ2v) is 5.25. The molecule has 4 heteroatoms. The third kappa shape index (κ3) is 3.33. The Morgan fingerprint density at radius 2 is 1.33 bits per heavy atom. The second-order valence-electron chi connectivity index (χ2n) is 5.25. The van der Waals surface area contributed by atoms with Crippen molar-refractivity contribution in [3.63, 3.8) is 0 Å². The van der Waals surface area contributed by atoms with Crippen LogP contribution in [0.5, 0.6) is 0 Å². The molecule has 0 bridgehead atoms. The number of aromatic carboxylic acids is 1. The number of carboxylic acid groups (broad SMARTS) is 1. The molecule has 3 aromatic carbocycles. The highest BCUT2D eigenvalue weighted by Crippen LogP contribution is 2.23. The fourth-order valence-electron chi connectivity index (χ4n) is 2.45. The van der Waals surface area contributed by atoms with Crippen LogP contribution in [0.2, 0.25) is 0 Å². The molecule has 24 heavy (non-hydrogen) atoms. The Morgan fingerprint density at radius 1 is 0.708 bits per heavy atom. The molecular weight excluding hydrogens is 302 g/mol. The molecule has 0 saturated carbocycles. The van der Waals surface area contributed by atoms with Gasteiger partial charge >= 0.3 is 5.97 Å². The third-order valence-corrected chi connectivity index (χ3v) is 3.63. The number of amides is 1. The zero-order valence-corrected chi connectivity index (χ0v) is 12.8. The first-order valence-corrected chi connectivity index (χ1v) is 7.44. The summed E-state index contributed by atoms with van der Waals surface area (Å²) in [6.07, 6.45) is 0. The fraction of sp³-hybridized carbons (Fsp3) is 0. The molecule has 0 unspecified atom stereocenters. The standard InChI is InChI=1S/C20H15NO3/c22-19(21-16-9-5-2-6-10-16)18-13-15(11-12-17(18)20(23)24)14-7-3-1-4-8-14/h1-13H,(H,21,22)(H,23,24). The zero-order valence-electron chi connectivity index (χ0n) is 12.8. The molecule has 0 aromatic heterocycles. The van der Waals surface area contributed by atoms with E-state index in [0.29, 0.717) is 5.69 Å². The van der Waals surface area contributed by atoms with Gasteiger partial charge in [0.05, 0.1) is 11.1 Å². The van der Waals surface area contributed by atoms with Crippen LogP contribution in [-0.4, -0.2) is 17.0 Å². The van der Waals surface area contributed by atoms with E-state index in [2.05, 4.69) is 5.32 Å². The Bertz CT molecular complexity index is 874. The lowest BCUT2D eigenvalue weighted by atomic mass is 9.98. The van der Waals surface area contributed by atoms with Gasteiger partial charge in [0.1, 0.15) is 0 Å². The Kier molecular flexibility index (Phi) is 4.38. The molecule has 3 aromatic rings. The number of anilines is 1. The van der Waals surface area contributed by atoms with Crippen molar-refractivity contribution < 1.29 is 14.7 Å². The van der Waals surface area contributed by atoms with Crippen LogP contribution in [0.4, 0.5) is 5.69 Å². The number of carboxylic acids is 1. The highest BCUT2D eigenvalue weighted by Gasteiger charge is 2.17. The van der Waals surface area contributed by atoms with Crippen molar-refractivity contribution in [2.24, 2.45) is 0 Å². The number of hydrogen-bond donors (Lipinski definition) is 2. The van der Waals surface area contributed by atoms with E-state index in [9.17, 15) is 14.7 Å². The van der Waals surface area contributed by atoms with Crippen LogP contribution in [0, 0.1) is 0 Å². The average Bonchev–Trinajstić information content (AvgIpc) is 2.62. The summed E-state index contributed by atoms with van der Waals surface area (Å²) in [5, 5.41) is 12.1. The topological polar surface area (TPSA) is 66.4 Å². The molecule has 3 rings (SSSR count). The van der Waals surface area contributed by atoms with Crippen LogP contribution in [0.15, 0.2) is 78.9 Å². The summed E-state index contributed by atoms with van der Waals surface area (Å²) in [4.78, 5) is 24.0. The first-order valence-electron chi connectivity index (χ1n) is 7.44. The van der Waals surface area contributed by atoms with Gasteiger partial charge < -0.3 is 10.4 Å². The van der Waals surface area contributed by atoms with E-state index in [0.717, 1.165) is 11.1 Å². The number of carbonyl (C=O) groups is 2. The van der Waals surface area contributed by atoms with Crippen molar-refractivity contribution in [2.75, 3.05) is 5.32 Å². The zero-order chi connectivity index (χ0) is 16.9. The van der Waals surface area contributed by atoms with E-state index in [-0.39, 0.29) is 11.1 Å². The van der Waals surface area contributed by atoms with Crippen molar-refractivity contribution >= 4 is 17.6 Å². The molecule has 0 fully saturated rings. The van der Waals surface area contributed by atoms with Crippen LogP contribution in [0.1, 0.15) is 20.7 Å². The molecule has 4 nitrogen and oxygen atoms in total. The SMILES string of the molecule is O=C(O)c1ccc(-c2ccccc2)cc1C(=O)Nc1ccccc1. The lowest BCUT2D eigenvalue weighted by Gasteiger charge is -2.10. The summed E-state index contributed by atoms with van der Waals surface area (Å²) in [6.45, 7) is 0. The summed E-state index contributed by atoms with van der Waals surface area (Å²) < 4.78 is 0. The number of nitrogens with one attached hydrogen (secondary N) is 1. The highest BCUT2D eigenvalue weighted by molar-refractivity contribution is 6.11. The quantitative estimate of drug-likeness (QED) is 0.754. The predicted octanol–water partition coefficient (Wildman–Crippen LogP) is 4.30. The minimum atomic E-state index is -1.13. The maximum Gasteiger partial charge on any atom is 0.336 e. The highest BCUT2D eigenvalue weighted by atomic mass is 16.4. The predicted molar refractivity (Wildman–Crippen MR) is 93.2 cm³/mol. The Balaban J connectivity index is 2.00. The first-order chi connectivity index (χ1) is 11.6. The summed E-state index contributed by atoms with van der Waals surface area (Å²) in [5.74, 6) is -1.58. The molecule has 0 spiro atoms. The molecule has 0 aliphatic heterocycles. The average molecular weight is 317 g/mol. The van der Waals surface area contributed by atoms with Crippen molar-refractivity contribution in [1.82, 2.24) is 0 Å². The van der Waals surface area contributed by atoms with Gasteiger partial charge in [-0.3, -0.25) is 4.79 Å². The van der Waals surface area contributed by atoms with E-state index in [1.54, 1.807) is 36.4 Å². The Morgan fingerprint density at radius 3 is 1.96 bits per heavy atom. The molecule has 0 saturated heterocycles. The number of para-hydroxylation sites is 1. The maximum absolute atomic E-state index is 12.5. The Hall–Kier alpha value is -3.40. The molecule has 2 N–H and O–H groups in total. The van der Waals surface area contributed by atoms with Crippen molar-refractivity contribution in [3.05, 3.63) is 90.0 Å². The lowest BCUT2D eigenvalue weighted by Crippen LogP contribution is -2.16. The van der Waals surface area contributed by atoms with E-state index in [4.69, 9.17) is 0 Å². The van der Waals surface area contributed by atoms with E-state index in [1.807, 2.05) is 36.4 Å². The molecule has 0 aliphatic rings. The maximum atomic E-state index is 12.5. The van der Waals surface area contributed by atoms with Gasteiger partial charge in [-0.2, -0.15) is 0 Å². The molecule has 0 radical (unpaired) electrons. The van der Waals surface area contributed by atoms with Crippen molar-refractivity contribution in [1.29, 1.82) is 0 Å². The van der Waals surface area contributed by atoms with Crippen LogP contribution in [0.3, 0.4) is 0 Å². The molecule has 1 amide bonds. The third-order valence-electron chi connectivity index (χ3n) is 3.63. The van der Waals surface area contributed by atoms with Gasteiger partial charge in [-0.05, 0) is 35.4 Å². The summed E-state index contributed by atoms with van der Waals surface area (Å²) in [6, 6.07) is 23.2. The van der Waals surface area contributed by atoms with Crippen LogP contribution >= 0.6 is 0 Å². The number of rotatable bonds is 4. The molecule has 0 atom stereocenters. The molecule has 0 aliphatic carbocycles. The summed E-state index contributed by atoms with van der Waals surface area (Å²) in [7, 11) is 0. The van der Waals surface area contributed by atoms with Crippen molar-refractivity contribution in [3.8, 4) is 11.1 Å². The smallest absolute Gasteiger partial charge is 0.336 e. The van der Waals surface area contributed by atoms with Gasteiger partial charge in [0.2, 0.25) is 0 Å². The summed E-state index contributed by atoms with van der Waals surface area (Å²) >= 11 is 0. The monoisotopic (exact) mass is 317 g/mol. The van der Waals surface area contributed by atoms with E-state index < -0.39 is 11.9 Å². The minimum Gasteiger partial charge on any atom is -0.478 e. The number of benzene rings is 3. The largest absolute Gasteiger partial charge is 0.478 e. The van der Waals surface area contributed by atoms with Gasteiger partial charge in [0, 0.05) is 5.69 Å². The molecule has 118 valence electrons. The van der Waals surface area contributed by atoms with Gasteiger partial charge in [-0.25, -0.2) is 4.79 Å². The van der Waals surface area contributed by atoms with Gasteiger partial charge in [-0.15, -0.1) is 0 Å². The lowest BCUT2D eigenvalue weighted by molar-refractivity contribution is 0.0692. The summed E-state index contributed by atoms with van der Waals surface area (Å²) in [5.41, 5.74) is 2.43. The first kappa shape index (κ1) is 15.5. The van der Waals surface area contributed by atoms with E-state index in [1.165, 1.54) is 6.07 Å². The minimum absolute atomic E-state index is 0.0249. The van der Waals surface area contributed by atoms with Crippen molar-refractivity contribution in [2.45, 2.75) is 0 Å². The second kappa shape index (κ2) is 6.79. The van der Waals surface area contributed by atoms with Crippen LogP contribution < -0.4 is 5.32 Å². The number of hydrogen-bond acceptors (Lipinski definition) is 2. The number of carbonyl (C=O) groups excluding carboxylic acids is 1. The molecular formula is C20H15NO3. The van der Waals surface area contributed by atoms with Gasteiger partial charge in [0.15, 0.2) is 0 Å². The fourth-order valence-corrected chi connectivity index (χ4v) is 2.45. The molecule has 0 heterocycles.